The lowest BCUT2D eigenvalue weighted by Crippen LogP contribution is -2.51. The Kier molecular flexibility index (Phi) is 2.20. The SMILES string of the molecule is Cc1ncn(C)c1[C@@]1(CN)NC(=O)NC1=O. The molecule has 16 heavy (non-hydrogen) atoms. The molecule has 0 aromatic carbocycles. The van der Waals surface area contributed by atoms with E-state index in [1.165, 1.54) is 0 Å². The van der Waals surface area contributed by atoms with Crippen molar-refractivity contribution < 1.29 is 9.59 Å². The molecule has 1 atom stereocenters. The van der Waals surface area contributed by atoms with Gasteiger partial charge in [-0.2, -0.15) is 0 Å². The predicted molar refractivity (Wildman–Crippen MR) is 55.4 cm³/mol. The number of imide groups is 1. The van der Waals surface area contributed by atoms with Gasteiger partial charge in [0.2, 0.25) is 0 Å². The maximum atomic E-state index is 11.8. The first kappa shape index (κ1) is 10.6. The molecule has 1 saturated heterocycles. The highest BCUT2D eigenvalue weighted by atomic mass is 16.2. The average molecular weight is 223 g/mol. The summed E-state index contributed by atoms with van der Waals surface area (Å²) < 4.78 is 1.69. The van der Waals surface area contributed by atoms with Crippen molar-refractivity contribution in [1.29, 1.82) is 0 Å². The maximum absolute atomic E-state index is 11.8. The summed E-state index contributed by atoms with van der Waals surface area (Å²) in [6.07, 6.45) is 1.58. The van der Waals surface area contributed by atoms with Crippen molar-refractivity contribution in [3.8, 4) is 0 Å². The monoisotopic (exact) mass is 223 g/mol. The molecule has 1 aromatic heterocycles. The second-order valence-corrected chi connectivity index (χ2v) is 3.81. The van der Waals surface area contributed by atoms with Gasteiger partial charge in [-0.1, -0.05) is 0 Å². The predicted octanol–water partition coefficient (Wildman–Crippen LogP) is -1.28. The van der Waals surface area contributed by atoms with Crippen LogP contribution in [0.25, 0.3) is 0 Å². The van der Waals surface area contributed by atoms with E-state index in [1.807, 2.05) is 0 Å². The Morgan fingerprint density at radius 3 is 2.62 bits per heavy atom. The van der Waals surface area contributed by atoms with Gasteiger partial charge in [0, 0.05) is 13.6 Å². The van der Waals surface area contributed by atoms with Gasteiger partial charge in [0.15, 0.2) is 5.54 Å². The molecule has 0 unspecified atom stereocenters. The van der Waals surface area contributed by atoms with Gasteiger partial charge >= 0.3 is 6.03 Å². The lowest BCUT2D eigenvalue weighted by Gasteiger charge is -2.25. The molecule has 1 aromatic rings. The van der Waals surface area contributed by atoms with Gasteiger partial charge < -0.3 is 15.6 Å². The van der Waals surface area contributed by atoms with E-state index in [4.69, 9.17) is 5.73 Å². The zero-order valence-corrected chi connectivity index (χ0v) is 9.07. The summed E-state index contributed by atoms with van der Waals surface area (Å²) >= 11 is 0. The molecule has 3 amide bonds. The summed E-state index contributed by atoms with van der Waals surface area (Å²) in [5.41, 5.74) is 5.71. The number of imidazole rings is 1. The van der Waals surface area contributed by atoms with E-state index >= 15 is 0 Å². The number of carbonyl (C=O) groups is 2. The molecular weight excluding hydrogens is 210 g/mol. The molecule has 2 heterocycles. The van der Waals surface area contributed by atoms with Gasteiger partial charge in [0.1, 0.15) is 0 Å². The summed E-state index contributed by atoms with van der Waals surface area (Å²) in [5.74, 6) is -0.438. The Balaban J connectivity index is 2.59. The fraction of sp³-hybridized carbons (Fsp3) is 0.444. The minimum absolute atomic E-state index is 0.00898. The average Bonchev–Trinajstić information content (AvgIpc) is 2.69. The third-order valence-corrected chi connectivity index (χ3v) is 2.77. The van der Waals surface area contributed by atoms with Gasteiger partial charge in [0.25, 0.3) is 5.91 Å². The third kappa shape index (κ3) is 1.21. The third-order valence-electron chi connectivity index (χ3n) is 2.77. The van der Waals surface area contributed by atoms with Gasteiger partial charge in [-0.3, -0.25) is 10.1 Å². The molecule has 0 bridgehead atoms. The largest absolute Gasteiger partial charge is 0.335 e. The van der Waals surface area contributed by atoms with Crippen LogP contribution in [0.5, 0.6) is 0 Å². The second-order valence-electron chi connectivity index (χ2n) is 3.81. The van der Waals surface area contributed by atoms with E-state index in [2.05, 4.69) is 15.6 Å². The number of rotatable bonds is 2. The Morgan fingerprint density at radius 1 is 1.56 bits per heavy atom. The number of hydrogen-bond acceptors (Lipinski definition) is 4. The van der Waals surface area contributed by atoms with E-state index in [-0.39, 0.29) is 6.54 Å². The summed E-state index contributed by atoms with van der Waals surface area (Å²) in [6.45, 7) is 1.76. The van der Waals surface area contributed by atoms with Crippen molar-refractivity contribution in [2.45, 2.75) is 12.5 Å². The van der Waals surface area contributed by atoms with Crippen LogP contribution in [0, 0.1) is 6.92 Å². The minimum atomic E-state index is -1.20. The first-order valence-corrected chi connectivity index (χ1v) is 4.83. The lowest BCUT2D eigenvalue weighted by atomic mass is 9.94. The van der Waals surface area contributed by atoms with Crippen LogP contribution < -0.4 is 16.4 Å². The molecule has 7 heteroatoms. The van der Waals surface area contributed by atoms with Crippen LogP contribution in [0.3, 0.4) is 0 Å². The van der Waals surface area contributed by atoms with E-state index in [0.717, 1.165) is 0 Å². The quantitative estimate of drug-likeness (QED) is 0.543. The summed E-state index contributed by atoms with van der Waals surface area (Å²) in [7, 11) is 1.75. The summed E-state index contributed by atoms with van der Waals surface area (Å²) in [4.78, 5) is 27.1. The molecule has 86 valence electrons. The number of hydrogen-bond donors (Lipinski definition) is 3. The van der Waals surface area contributed by atoms with Crippen LogP contribution in [0.1, 0.15) is 11.4 Å². The minimum Gasteiger partial charge on any atom is -0.335 e. The highest BCUT2D eigenvalue weighted by molar-refractivity contribution is 6.07. The molecule has 7 nitrogen and oxygen atoms in total. The number of urea groups is 1. The fourth-order valence-corrected chi connectivity index (χ4v) is 2.06. The second kappa shape index (κ2) is 3.31. The van der Waals surface area contributed by atoms with Crippen LogP contribution in [-0.2, 0) is 17.4 Å². The Morgan fingerprint density at radius 2 is 2.25 bits per heavy atom. The van der Waals surface area contributed by atoms with Crippen LogP contribution in [-0.4, -0.2) is 28.0 Å². The van der Waals surface area contributed by atoms with Gasteiger partial charge in [-0.15, -0.1) is 0 Å². The molecule has 4 N–H and O–H groups in total. The first-order chi connectivity index (χ1) is 7.51. The molecule has 1 aliphatic heterocycles. The molecule has 0 spiro atoms. The van der Waals surface area contributed by atoms with Crippen LogP contribution >= 0.6 is 0 Å². The van der Waals surface area contributed by atoms with Gasteiger partial charge in [-0.25, -0.2) is 9.78 Å². The van der Waals surface area contributed by atoms with Crippen molar-refractivity contribution in [2.75, 3.05) is 6.54 Å². The number of nitrogens with two attached hydrogens (primary N) is 1. The van der Waals surface area contributed by atoms with Crippen molar-refractivity contribution in [2.24, 2.45) is 12.8 Å². The Labute approximate surface area is 92.0 Å². The molecular formula is C9H13N5O2. The lowest BCUT2D eigenvalue weighted by molar-refractivity contribution is -0.124. The van der Waals surface area contributed by atoms with Crippen molar-refractivity contribution >= 4 is 11.9 Å². The van der Waals surface area contributed by atoms with E-state index < -0.39 is 17.5 Å². The smallest absolute Gasteiger partial charge is 0.322 e. The summed E-state index contributed by atoms with van der Waals surface area (Å²) in [6, 6.07) is -0.531. The number of amides is 3. The fourth-order valence-electron chi connectivity index (χ4n) is 2.06. The van der Waals surface area contributed by atoms with Crippen LogP contribution in [0.4, 0.5) is 4.79 Å². The van der Waals surface area contributed by atoms with E-state index in [1.54, 1.807) is 24.9 Å². The highest BCUT2D eigenvalue weighted by Crippen LogP contribution is 2.25. The highest BCUT2D eigenvalue weighted by Gasteiger charge is 2.49. The van der Waals surface area contributed by atoms with Crippen molar-refractivity contribution in [1.82, 2.24) is 20.2 Å². The Bertz CT molecular complexity index is 447. The Hall–Kier alpha value is -1.89. The first-order valence-electron chi connectivity index (χ1n) is 4.83. The zero-order valence-electron chi connectivity index (χ0n) is 9.07. The van der Waals surface area contributed by atoms with Crippen LogP contribution in [0.2, 0.25) is 0 Å². The normalized spacial score (nSPS) is 24.4. The number of nitrogens with one attached hydrogen (secondary N) is 2. The van der Waals surface area contributed by atoms with Gasteiger partial charge in [0.05, 0.1) is 17.7 Å². The standard InChI is InChI=1S/C9H13N5O2/c1-5-6(14(2)4-11-5)9(3-10)7(15)12-8(16)13-9/h4H,3,10H2,1-2H3,(H2,12,13,15,16)/t9-/m1/s1. The number of aromatic nitrogens is 2. The van der Waals surface area contributed by atoms with Crippen molar-refractivity contribution in [3.05, 3.63) is 17.7 Å². The molecule has 1 aliphatic rings. The number of aryl methyl sites for hydroxylation is 2. The van der Waals surface area contributed by atoms with E-state index in [9.17, 15) is 9.59 Å². The number of carbonyl (C=O) groups excluding carboxylic acids is 2. The van der Waals surface area contributed by atoms with E-state index in [0.29, 0.717) is 11.4 Å². The molecule has 2 rings (SSSR count). The molecule has 0 radical (unpaired) electrons. The zero-order chi connectivity index (χ0) is 11.9. The molecule has 1 fully saturated rings. The summed E-state index contributed by atoms with van der Waals surface area (Å²) in [5, 5.41) is 4.76. The maximum Gasteiger partial charge on any atom is 0.322 e. The molecule has 0 aliphatic carbocycles. The van der Waals surface area contributed by atoms with Crippen LogP contribution in [0.15, 0.2) is 6.33 Å². The topological polar surface area (TPSA) is 102 Å². The number of nitrogens with zero attached hydrogens (tertiary/aromatic N) is 2. The molecule has 0 saturated carbocycles. The van der Waals surface area contributed by atoms with Gasteiger partial charge in [-0.05, 0) is 6.92 Å². The van der Waals surface area contributed by atoms with Crippen molar-refractivity contribution in [3.63, 3.8) is 0 Å².